The number of anilines is 1. The molecule has 1 aromatic rings. The first-order valence-electron chi connectivity index (χ1n) is 6.49. The minimum Gasteiger partial charge on any atom is -0.492 e. The fourth-order valence-corrected chi connectivity index (χ4v) is 1.85. The molecule has 0 bridgehead atoms. The Labute approximate surface area is 109 Å². The van der Waals surface area contributed by atoms with Crippen molar-refractivity contribution in [1.29, 1.82) is 0 Å². The fourth-order valence-electron chi connectivity index (χ4n) is 1.85. The predicted molar refractivity (Wildman–Crippen MR) is 75.2 cm³/mol. The van der Waals surface area contributed by atoms with Crippen LogP contribution in [0.25, 0.3) is 0 Å². The van der Waals surface area contributed by atoms with Crippen molar-refractivity contribution in [3.63, 3.8) is 0 Å². The standard InChI is InChI=1S/C14H24N2O2/c1-3-18-14-9-5-4-8-13(14)16-12(11-17-2)7-6-10-15/h4-5,8-9,12,16H,3,6-7,10-11,15H2,1-2H3. The van der Waals surface area contributed by atoms with Gasteiger partial charge in [0.15, 0.2) is 0 Å². The number of nitrogens with one attached hydrogen (secondary N) is 1. The molecule has 0 heterocycles. The van der Waals surface area contributed by atoms with Gasteiger partial charge in [0.25, 0.3) is 0 Å². The molecule has 18 heavy (non-hydrogen) atoms. The van der Waals surface area contributed by atoms with E-state index in [1.54, 1.807) is 7.11 Å². The van der Waals surface area contributed by atoms with Crippen LogP contribution >= 0.6 is 0 Å². The molecule has 4 nitrogen and oxygen atoms in total. The average molecular weight is 252 g/mol. The molecule has 0 aliphatic rings. The van der Waals surface area contributed by atoms with Crippen molar-refractivity contribution >= 4 is 5.69 Å². The third kappa shape index (κ3) is 4.94. The van der Waals surface area contributed by atoms with Gasteiger partial charge in [-0.25, -0.2) is 0 Å². The van der Waals surface area contributed by atoms with Gasteiger partial charge in [0, 0.05) is 13.2 Å². The molecule has 0 spiro atoms. The van der Waals surface area contributed by atoms with Crippen LogP contribution in [-0.4, -0.2) is 32.9 Å². The normalized spacial score (nSPS) is 12.2. The lowest BCUT2D eigenvalue weighted by Gasteiger charge is -2.20. The fraction of sp³-hybridized carbons (Fsp3) is 0.571. The zero-order chi connectivity index (χ0) is 13.2. The van der Waals surface area contributed by atoms with Crippen molar-refractivity contribution < 1.29 is 9.47 Å². The topological polar surface area (TPSA) is 56.5 Å². The van der Waals surface area contributed by atoms with E-state index < -0.39 is 0 Å². The predicted octanol–water partition coefficient (Wildman–Crippen LogP) is 2.25. The highest BCUT2D eigenvalue weighted by atomic mass is 16.5. The molecule has 0 aliphatic carbocycles. The number of methoxy groups -OCH3 is 1. The van der Waals surface area contributed by atoms with Crippen molar-refractivity contribution in [3.05, 3.63) is 24.3 Å². The molecule has 0 saturated heterocycles. The molecule has 0 fully saturated rings. The summed E-state index contributed by atoms with van der Waals surface area (Å²) in [5.74, 6) is 0.883. The molecule has 0 saturated carbocycles. The molecule has 0 amide bonds. The van der Waals surface area contributed by atoms with Gasteiger partial charge in [0.05, 0.1) is 18.9 Å². The van der Waals surface area contributed by atoms with Gasteiger partial charge in [-0.1, -0.05) is 12.1 Å². The van der Waals surface area contributed by atoms with E-state index in [4.69, 9.17) is 15.2 Å². The smallest absolute Gasteiger partial charge is 0.142 e. The van der Waals surface area contributed by atoms with E-state index in [1.165, 1.54) is 0 Å². The van der Waals surface area contributed by atoms with Crippen LogP contribution in [0.1, 0.15) is 19.8 Å². The van der Waals surface area contributed by atoms with E-state index in [0.717, 1.165) is 24.3 Å². The van der Waals surface area contributed by atoms with Crippen LogP contribution in [0.2, 0.25) is 0 Å². The van der Waals surface area contributed by atoms with Crippen LogP contribution in [0.15, 0.2) is 24.3 Å². The number of ether oxygens (including phenoxy) is 2. The molecule has 1 rings (SSSR count). The SMILES string of the molecule is CCOc1ccccc1NC(CCCN)COC. The highest BCUT2D eigenvalue weighted by Crippen LogP contribution is 2.25. The van der Waals surface area contributed by atoms with Gasteiger partial charge in [-0.3, -0.25) is 0 Å². The monoisotopic (exact) mass is 252 g/mol. The van der Waals surface area contributed by atoms with Gasteiger partial charge in [0.1, 0.15) is 5.75 Å². The van der Waals surface area contributed by atoms with E-state index in [9.17, 15) is 0 Å². The maximum atomic E-state index is 5.59. The number of rotatable bonds is 9. The molecule has 102 valence electrons. The first-order chi connectivity index (χ1) is 8.81. The Morgan fingerprint density at radius 3 is 2.78 bits per heavy atom. The summed E-state index contributed by atoms with van der Waals surface area (Å²) in [5, 5.41) is 3.46. The molecule has 1 aromatic carbocycles. The Balaban J connectivity index is 2.66. The Morgan fingerprint density at radius 2 is 2.11 bits per heavy atom. The van der Waals surface area contributed by atoms with Crippen molar-refractivity contribution in [3.8, 4) is 5.75 Å². The summed E-state index contributed by atoms with van der Waals surface area (Å²) in [4.78, 5) is 0. The van der Waals surface area contributed by atoms with Gasteiger partial charge >= 0.3 is 0 Å². The lowest BCUT2D eigenvalue weighted by Crippen LogP contribution is -2.26. The molecule has 0 radical (unpaired) electrons. The third-order valence-corrected chi connectivity index (χ3v) is 2.67. The Hall–Kier alpha value is -1.26. The van der Waals surface area contributed by atoms with Crippen molar-refractivity contribution in [2.24, 2.45) is 5.73 Å². The van der Waals surface area contributed by atoms with Crippen molar-refractivity contribution in [2.75, 3.05) is 32.2 Å². The maximum absolute atomic E-state index is 5.59. The summed E-state index contributed by atoms with van der Waals surface area (Å²) in [6.07, 6.45) is 1.97. The summed E-state index contributed by atoms with van der Waals surface area (Å²) in [6, 6.07) is 8.23. The summed E-state index contributed by atoms with van der Waals surface area (Å²) in [5.41, 5.74) is 6.56. The Morgan fingerprint density at radius 1 is 1.33 bits per heavy atom. The van der Waals surface area contributed by atoms with Crippen LogP contribution in [0.5, 0.6) is 5.75 Å². The van der Waals surface area contributed by atoms with E-state index in [2.05, 4.69) is 5.32 Å². The molecular weight excluding hydrogens is 228 g/mol. The molecule has 4 heteroatoms. The Bertz CT molecular complexity index is 331. The van der Waals surface area contributed by atoms with E-state index in [1.807, 2.05) is 31.2 Å². The molecule has 3 N–H and O–H groups in total. The van der Waals surface area contributed by atoms with E-state index in [0.29, 0.717) is 19.8 Å². The summed E-state index contributed by atoms with van der Waals surface area (Å²) in [6.45, 7) is 4.02. The zero-order valence-electron chi connectivity index (χ0n) is 11.3. The summed E-state index contributed by atoms with van der Waals surface area (Å²) in [7, 11) is 1.71. The third-order valence-electron chi connectivity index (χ3n) is 2.67. The summed E-state index contributed by atoms with van der Waals surface area (Å²) >= 11 is 0. The zero-order valence-corrected chi connectivity index (χ0v) is 11.3. The van der Waals surface area contributed by atoms with Crippen molar-refractivity contribution in [1.82, 2.24) is 0 Å². The number of para-hydroxylation sites is 2. The minimum absolute atomic E-state index is 0.264. The first-order valence-corrected chi connectivity index (χ1v) is 6.49. The van der Waals surface area contributed by atoms with E-state index in [-0.39, 0.29) is 6.04 Å². The quantitative estimate of drug-likeness (QED) is 0.708. The number of nitrogens with two attached hydrogens (primary N) is 1. The van der Waals surface area contributed by atoms with E-state index >= 15 is 0 Å². The minimum atomic E-state index is 0.264. The molecule has 1 unspecified atom stereocenters. The molecular formula is C14H24N2O2. The number of hydrogen-bond acceptors (Lipinski definition) is 4. The summed E-state index contributed by atoms with van der Waals surface area (Å²) < 4.78 is 10.8. The highest BCUT2D eigenvalue weighted by Gasteiger charge is 2.10. The lowest BCUT2D eigenvalue weighted by atomic mass is 10.1. The van der Waals surface area contributed by atoms with Crippen LogP contribution in [0.4, 0.5) is 5.69 Å². The molecule has 0 aromatic heterocycles. The molecule has 1 atom stereocenters. The maximum Gasteiger partial charge on any atom is 0.142 e. The van der Waals surface area contributed by atoms with Crippen molar-refractivity contribution in [2.45, 2.75) is 25.8 Å². The van der Waals surface area contributed by atoms with Gasteiger partial charge in [-0.2, -0.15) is 0 Å². The lowest BCUT2D eigenvalue weighted by molar-refractivity contribution is 0.182. The molecule has 0 aliphatic heterocycles. The Kier molecular flexibility index (Phi) is 7.22. The average Bonchev–Trinajstić information content (AvgIpc) is 2.39. The van der Waals surface area contributed by atoms with Crippen LogP contribution in [0.3, 0.4) is 0 Å². The van der Waals surface area contributed by atoms with Gasteiger partial charge < -0.3 is 20.5 Å². The van der Waals surface area contributed by atoms with Gasteiger partial charge in [-0.15, -0.1) is 0 Å². The van der Waals surface area contributed by atoms with Crippen LogP contribution in [-0.2, 0) is 4.74 Å². The van der Waals surface area contributed by atoms with Crippen LogP contribution < -0.4 is 15.8 Å². The highest BCUT2D eigenvalue weighted by molar-refractivity contribution is 5.56. The largest absolute Gasteiger partial charge is 0.492 e. The number of hydrogen-bond donors (Lipinski definition) is 2. The number of benzene rings is 1. The van der Waals surface area contributed by atoms with Gasteiger partial charge in [-0.05, 0) is 38.4 Å². The first kappa shape index (κ1) is 14.8. The van der Waals surface area contributed by atoms with Crippen LogP contribution in [0, 0.1) is 0 Å². The second-order valence-corrected chi connectivity index (χ2v) is 4.16. The van der Waals surface area contributed by atoms with Gasteiger partial charge in [0.2, 0.25) is 0 Å². The second-order valence-electron chi connectivity index (χ2n) is 4.16. The second kappa shape index (κ2) is 8.78.